The third-order valence-electron chi connectivity index (χ3n) is 5.52. The van der Waals surface area contributed by atoms with E-state index in [-0.39, 0.29) is 12.4 Å². The maximum atomic E-state index is 13.6. The van der Waals surface area contributed by atoms with E-state index in [1.807, 2.05) is 24.4 Å². The minimum Gasteiger partial charge on any atom is -0.396 e. The van der Waals surface area contributed by atoms with Crippen LogP contribution in [0.25, 0.3) is 22.6 Å². The molecule has 10 heteroatoms. The van der Waals surface area contributed by atoms with E-state index in [9.17, 15) is 9.50 Å². The lowest BCUT2D eigenvalue weighted by Crippen LogP contribution is -2.39. The number of benzene rings is 1. The molecule has 8 nitrogen and oxygen atoms in total. The van der Waals surface area contributed by atoms with Crippen molar-refractivity contribution in [2.45, 2.75) is 19.8 Å². The van der Waals surface area contributed by atoms with Crippen molar-refractivity contribution < 1.29 is 19.0 Å². The zero-order chi connectivity index (χ0) is 23.5. The van der Waals surface area contributed by atoms with E-state index in [1.165, 1.54) is 17.0 Å². The molecule has 4 heterocycles. The van der Waals surface area contributed by atoms with Gasteiger partial charge in [0.05, 0.1) is 43.4 Å². The largest absolute Gasteiger partial charge is 0.396 e. The van der Waals surface area contributed by atoms with Crippen molar-refractivity contribution in [1.82, 2.24) is 19.9 Å². The second kappa shape index (κ2) is 9.59. The number of rotatable bonds is 7. The molecular weight excluding hydrogens is 457 g/mol. The van der Waals surface area contributed by atoms with Crippen LogP contribution in [-0.2, 0) is 16.0 Å². The maximum absolute atomic E-state index is 13.6. The van der Waals surface area contributed by atoms with Crippen LogP contribution in [0.15, 0.2) is 54.0 Å². The second-order valence-electron chi connectivity index (χ2n) is 8.47. The Morgan fingerprint density at radius 1 is 1.18 bits per heavy atom. The summed E-state index contributed by atoms with van der Waals surface area (Å²) in [6.07, 6.45) is 0.958. The quantitative estimate of drug-likeness (QED) is 0.360. The molecule has 0 radical (unpaired) electrons. The van der Waals surface area contributed by atoms with Gasteiger partial charge in [0.15, 0.2) is 5.82 Å². The van der Waals surface area contributed by atoms with Crippen molar-refractivity contribution in [2.24, 2.45) is 5.41 Å². The van der Waals surface area contributed by atoms with Gasteiger partial charge in [0.25, 0.3) is 0 Å². The van der Waals surface area contributed by atoms with Gasteiger partial charge in [-0.05, 0) is 41.8 Å². The number of hydrogen-bond donors (Lipinski definition) is 3. The summed E-state index contributed by atoms with van der Waals surface area (Å²) in [6, 6.07) is 11.9. The van der Waals surface area contributed by atoms with Gasteiger partial charge in [-0.3, -0.25) is 0 Å². The molecule has 1 saturated heterocycles. The van der Waals surface area contributed by atoms with Crippen LogP contribution < -0.4 is 5.32 Å². The first-order valence-electron chi connectivity index (χ1n) is 10.8. The Kier molecular flexibility index (Phi) is 6.38. The van der Waals surface area contributed by atoms with Gasteiger partial charge < -0.3 is 24.9 Å². The van der Waals surface area contributed by atoms with Gasteiger partial charge in [-0.25, -0.2) is 19.3 Å². The SMILES string of the molecule is CC1(CO)COC(c2nc(-c3ccc(F)cc3)c(-c3ccnc(NCc4cccs4)n3)[nH]2)OC1. The number of aromatic nitrogens is 4. The van der Waals surface area contributed by atoms with Crippen LogP contribution in [0.2, 0.25) is 0 Å². The minimum absolute atomic E-state index is 0.0356. The summed E-state index contributed by atoms with van der Waals surface area (Å²) in [5, 5.41) is 14.8. The highest BCUT2D eigenvalue weighted by Crippen LogP contribution is 2.35. The zero-order valence-corrected chi connectivity index (χ0v) is 19.3. The molecule has 1 aliphatic rings. The van der Waals surface area contributed by atoms with Crippen LogP contribution in [-0.4, -0.2) is 44.9 Å². The van der Waals surface area contributed by atoms with Gasteiger partial charge in [0.2, 0.25) is 12.2 Å². The topological polar surface area (TPSA) is 105 Å². The number of ether oxygens (including phenoxy) is 2. The number of hydrogen-bond acceptors (Lipinski definition) is 8. The molecule has 4 aromatic rings. The van der Waals surface area contributed by atoms with Gasteiger partial charge >= 0.3 is 0 Å². The molecule has 5 rings (SSSR count). The highest BCUT2D eigenvalue weighted by atomic mass is 32.1. The molecule has 0 amide bonds. The first-order chi connectivity index (χ1) is 16.5. The molecule has 0 bridgehead atoms. The molecule has 0 saturated carbocycles. The van der Waals surface area contributed by atoms with E-state index in [4.69, 9.17) is 14.5 Å². The van der Waals surface area contributed by atoms with Gasteiger partial charge in [-0.2, -0.15) is 0 Å². The van der Waals surface area contributed by atoms with Crippen LogP contribution in [0.3, 0.4) is 0 Å². The van der Waals surface area contributed by atoms with Crippen molar-refractivity contribution >= 4 is 17.3 Å². The van der Waals surface area contributed by atoms with E-state index >= 15 is 0 Å². The maximum Gasteiger partial charge on any atom is 0.223 e. The van der Waals surface area contributed by atoms with Gasteiger partial charge in [0, 0.05) is 22.1 Å². The van der Waals surface area contributed by atoms with Gasteiger partial charge in [0.1, 0.15) is 5.82 Å². The monoisotopic (exact) mass is 481 g/mol. The fourth-order valence-electron chi connectivity index (χ4n) is 3.56. The third kappa shape index (κ3) is 4.85. The van der Waals surface area contributed by atoms with E-state index < -0.39 is 11.7 Å². The molecule has 3 aromatic heterocycles. The smallest absolute Gasteiger partial charge is 0.223 e. The lowest BCUT2D eigenvalue weighted by atomic mass is 9.94. The molecule has 0 spiro atoms. The number of aliphatic hydroxyl groups is 1. The molecular formula is C24H24FN5O3S. The average molecular weight is 482 g/mol. The first kappa shape index (κ1) is 22.6. The van der Waals surface area contributed by atoms with E-state index in [2.05, 4.69) is 20.3 Å². The molecule has 0 unspecified atom stereocenters. The number of nitrogens with zero attached hydrogens (tertiary/aromatic N) is 3. The summed E-state index contributed by atoms with van der Waals surface area (Å²) < 4.78 is 25.3. The van der Waals surface area contributed by atoms with Crippen molar-refractivity contribution in [1.29, 1.82) is 0 Å². The zero-order valence-electron chi connectivity index (χ0n) is 18.5. The summed E-state index contributed by atoms with van der Waals surface area (Å²) in [7, 11) is 0. The molecule has 0 aliphatic carbocycles. The van der Waals surface area contributed by atoms with Crippen LogP contribution in [0, 0.1) is 11.2 Å². The van der Waals surface area contributed by atoms with Crippen LogP contribution >= 0.6 is 11.3 Å². The van der Waals surface area contributed by atoms with E-state index in [1.54, 1.807) is 35.7 Å². The number of aromatic amines is 1. The predicted molar refractivity (Wildman–Crippen MR) is 126 cm³/mol. The minimum atomic E-state index is -0.717. The van der Waals surface area contributed by atoms with E-state index in [0.717, 1.165) is 5.56 Å². The average Bonchev–Trinajstić information content (AvgIpc) is 3.55. The van der Waals surface area contributed by atoms with E-state index in [0.29, 0.717) is 48.6 Å². The Hall–Kier alpha value is -3.18. The summed E-state index contributed by atoms with van der Waals surface area (Å²) in [4.78, 5) is 18.2. The normalized spacial score (nSPS) is 20.4. The number of halogens is 1. The second-order valence-corrected chi connectivity index (χ2v) is 9.51. The number of thiophene rings is 1. The molecule has 34 heavy (non-hydrogen) atoms. The number of aliphatic hydroxyl groups excluding tert-OH is 1. The molecule has 176 valence electrons. The Bertz CT molecular complexity index is 1240. The molecule has 3 N–H and O–H groups in total. The third-order valence-corrected chi connectivity index (χ3v) is 6.40. The summed E-state index contributed by atoms with van der Waals surface area (Å²) >= 11 is 1.66. The Labute approximate surface area is 199 Å². The highest BCUT2D eigenvalue weighted by molar-refractivity contribution is 7.09. The molecule has 1 aliphatic heterocycles. The van der Waals surface area contributed by atoms with Gasteiger partial charge in [-0.1, -0.05) is 13.0 Å². The fourth-order valence-corrected chi connectivity index (χ4v) is 4.20. The lowest BCUT2D eigenvalue weighted by Gasteiger charge is -2.35. The van der Waals surface area contributed by atoms with Crippen molar-refractivity contribution in [3.63, 3.8) is 0 Å². The molecule has 1 fully saturated rings. The number of imidazole rings is 1. The first-order valence-corrected chi connectivity index (χ1v) is 11.7. The Morgan fingerprint density at radius 3 is 2.68 bits per heavy atom. The predicted octanol–water partition coefficient (Wildman–Crippen LogP) is 4.39. The van der Waals surface area contributed by atoms with Crippen molar-refractivity contribution in [2.75, 3.05) is 25.1 Å². The van der Waals surface area contributed by atoms with Gasteiger partial charge in [-0.15, -0.1) is 11.3 Å². The van der Waals surface area contributed by atoms with Crippen LogP contribution in [0.4, 0.5) is 10.3 Å². The number of H-pyrrole nitrogens is 1. The molecule has 0 atom stereocenters. The standard InChI is InChI=1S/C24H24FN5O3S/c1-24(12-31)13-32-22(33-14-24)21-29-19(15-4-6-16(25)7-5-15)20(30-21)18-8-9-26-23(28-18)27-11-17-3-2-10-34-17/h2-10,22,31H,11-14H2,1H3,(H,29,30)(H,26,27,28). The summed E-state index contributed by atoms with van der Waals surface area (Å²) in [5.41, 5.74) is 2.13. The van der Waals surface area contributed by atoms with Crippen molar-refractivity contribution in [3.8, 4) is 22.6 Å². The summed E-state index contributed by atoms with van der Waals surface area (Å²) in [6.45, 7) is 3.15. The van der Waals surface area contributed by atoms with Crippen LogP contribution in [0.1, 0.15) is 23.9 Å². The summed E-state index contributed by atoms with van der Waals surface area (Å²) in [5.74, 6) is 0.627. The lowest BCUT2D eigenvalue weighted by molar-refractivity contribution is -0.239. The Morgan fingerprint density at radius 2 is 1.97 bits per heavy atom. The number of nitrogens with one attached hydrogen (secondary N) is 2. The highest BCUT2D eigenvalue weighted by Gasteiger charge is 2.34. The Balaban J connectivity index is 1.47. The van der Waals surface area contributed by atoms with Crippen molar-refractivity contribution in [3.05, 3.63) is 70.6 Å². The molecule has 1 aromatic carbocycles. The van der Waals surface area contributed by atoms with Crippen LogP contribution in [0.5, 0.6) is 0 Å². The number of anilines is 1. The fraction of sp³-hybridized carbons (Fsp3) is 0.292.